The maximum atomic E-state index is 12.2. The summed E-state index contributed by atoms with van der Waals surface area (Å²) in [5.41, 5.74) is 4.94. The molecule has 37 heavy (non-hydrogen) atoms. The molecule has 5 heterocycles. The lowest BCUT2D eigenvalue weighted by molar-refractivity contribution is -0.131. The first-order valence-electron chi connectivity index (χ1n) is 12.4. The number of rotatable bonds is 6. The first-order valence-corrected chi connectivity index (χ1v) is 12.4. The Morgan fingerprint density at radius 2 is 1.89 bits per heavy atom. The van der Waals surface area contributed by atoms with Crippen molar-refractivity contribution in [1.82, 2.24) is 29.7 Å². The Hall–Kier alpha value is -4.23. The third-order valence-electron chi connectivity index (χ3n) is 7.56. The molecule has 2 fully saturated rings. The molecular formula is C27H28N8O2. The van der Waals surface area contributed by atoms with Crippen LogP contribution in [-0.4, -0.2) is 60.6 Å². The molecule has 10 nitrogen and oxygen atoms in total. The van der Waals surface area contributed by atoms with Crippen LogP contribution in [-0.2, 0) is 11.8 Å². The van der Waals surface area contributed by atoms with Gasteiger partial charge in [0, 0.05) is 78.9 Å². The molecule has 0 spiro atoms. The largest absolute Gasteiger partial charge is 0.383 e. The number of hydrogen-bond donors (Lipinski definition) is 2. The van der Waals surface area contributed by atoms with Gasteiger partial charge in [0.05, 0.1) is 23.5 Å². The normalized spacial score (nSPS) is 21.2. The second-order valence-corrected chi connectivity index (χ2v) is 10.4. The fraction of sp³-hybridized carbons (Fsp3) is 0.370. The van der Waals surface area contributed by atoms with E-state index in [1.54, 1.807) is 21.6 Å². The van der Waals surface area contributed by atoms with E-state index < -0.39 is 6.10 Å². The summed E-state index contributed by atoms with van der Waals surface area (Å²) in [4.78, 5) is 19.2. The molecule has 4 aromatic heterocycles. The average Bonchev–Trinajstić information content (AvgIpc) is 3.36. The smallest absolute Gasteiger partial charge is 0.249 e. The molecule has 10 heteroatoms. The van der Waals surface area contributed by atoms with Gasteiger partial charge >= 0.3 is 0 Å². The summed E-state index contributed by atoms with van der Waals surface area (Å²) in [5.74, 6) is 1.27. The van der Waals surface area contributed by atoms with Crippen molar-refractivity contribution in [2.45, 2.75) is 26.0 Å². The molecule has 6 rings (SSSR count). The van der Waals surface area contributed by atoms with Gasteiger partial charge in [0.25, 0.3) is 0 Å². The Morgan fingerprint density at radius 1 is 1.11 bits per heavy atom. The second-order valence-electron chi connectivity index (χ2n) is 10.4. The second kappa shape index (κ2) is 8.71. The number of carbonyl (C=O) groups is 1. The minimum absolute atomic E-state index is 0.101. The highest BCUT2D eigenvalue weighted by atomic mass is 16.3. The van der Waals surface area contributed by atoms with Crippen molar-refractivity contribution < 1.29 is 9.90 Å². The molecule has 1 amide bonds. The molecule has 2 aliphatic rings. The Balaban J connectivity index is 1.22. The van der Waals surface area contributed by atoms with Crippen LogP contribution in [0, 0.1) is 29.1 Å². The van der Waals surface area contributed by atoms with Gasteiger partial charge in [-0.05, 0) is 24.1 Å². The summed E-state index contributed by atoms with van der Waals surface area (Å²) in [5, 5.41) is 31.3. The zero-order valence-corrected chi connectivity index (χ0v) is 20.9. The predicted octanol–water partition coefficient (Wildman–Crippen LogP) is 2.24. The van der Waals surface area contributed by atoms with Crippen LogP contribution in [0.15, 0.2) is 49.2 Å². The Kier molecular flexibility index (Phi) is 5.46. The van der Waals surface area contributed by atoms with Gasteiger partial charge in [-0.2, -0.15) is 15.5 Å². The van der Waals surface area contributed by atoms with Gasteiger partial charge in [0.1, 0.15) is 18.0 Å². The van der Waals surface area contributed by atoms with E-state index in [-0.39, 0.29) is 17.9 Å². The van der Waals surface area contributed by atoms with Crippen molar-refractivity contribution in [3.63, 3.8) is 0 Å². The van der Waals surface area contributed by atoms with Crippen molar-refractivity contribution in [2.75, 3.05) is 18.0 Å². The van der Waals surface area contributed by atoms with Crippen LogP contribution < -0.4 is 10.2 Å². The Bertz CT molecular complexity index is 1520. The standard InChI is InChI=1S/C27H28N8O2/c1-15(2)26(36)27(37)32-24-21-13-34(14-22(21)24)23-5-4-16(8-29-23)20-6-17(19-10-30-33(3)11-19)12-35-25(20)18(7-28)9-31-35/h4-6,8-12,15,21-22,24,26,36H,13-14H2,1-3H3,(H,32,37)/t21-,22-,26+/m0/s1. The van der Waals surface area contributed by atoms with Crippen LogP contribution in [0.4, 0.5) is 5.82 Å². The van der Waals surface area contributed by atoms with E-state index in [0.29, 0.717) is 17.4 Å². The number of hydrogen-bond acceptors (Lipinski definition) is 7. The summed E-state index contributed by atoms with van der Waals surface area (Å²) in [6, 6.07) is 8.46. The summed E-state index contributed by atoms with van der Waals surface area (Å²) in [6.45, 7) is 5.32. The van der Waals surface area contributed by atoms with E-state index >= 15 is 0 Å². The van der Waals surface area contributed by atoms with Crippen LogP contribution in [0.1, 0.15) is 19.4 Å². The number of amides is 1. The molecule has 1 aliphatic carbocycles. The number of piperidine rings is 1. The molecule has 2 N–H and O–H groups in total. The van der Waals surface area contributed by atoms with Crippen molar-refractivity contribution >= 4 is 17.2 Å². The van der Waals surface area contributed by atoms with Crippen molar-refractivity contribution in [2.24, 2.45) is 24.8 Å². The number of aliphatic hydroxyl groups excluding tert-OH is 1. The molecule has 1 aliphatic heterocycles. The zero-order valence-electron chi connectivity index (χ0n) is 20.9. The van der Waals surface area contributed by atoms with Gasteiger partial charge in [-0.1, -0.05) is 13.8 Å². The monoisotopic (exact) mass is 496 g/mol. The van der Waals surface area contributed by atoms with E-state index in [0.717, 1.165) is 46.7 Å². The van der Waals surface area contributed by atoms with Crippen LogP contribution in [0.2, 0.25) is 0 Å². The summed E-state index contributed by atoms with van der Waals surface area (Å²) in [6.07, 6.45) is 8.11. The van der Waals surface area contributed by atoms with Gasteiger partial charge in [0.15, 0.2) is 0 Å². The summed E-state index contributed by atoms with van der Waals surface area (Å²) < 4.78 is 3.49. The van der Waals surface area contributed by atoms with Crippen LogP contribution >= 0.6 is 0 Å². The molecule has 0 bridgehead atoms. The number of aromatic nitrogens is 5. The number of nitrogens with one attached hydrogen (secondary N) is 1. The zero-order chi connectivity index (χ0) is 25.8. The minimum atomic E-state index is -0.966. The van der Waals surface area contributed by atoms with Gasteiger partial charge in [0.2, 0.25) is 5.91 Å². The number of nitrogens with zero attached hydrogens (tertiary/aromatic N) is 7. The van der Waals surface area contributed by atoms with Crippen molar-refractivity contribution in [3.05, 3.63) is 54.7 Å². The number of nitriles is 1. The maximum Gasteiger partial charge on any atom is 0.249 e. The first-order chi connectivity index (χ1) is 17.8. The number of carbonyl (C=O) groups excluding carboxylic acids is 1. The molecule has 0 unspecified atom stereocenters. The topological polar surface area (TPSA) is 124 Å². The fourth-order valence-electron chi connectivity index (χ4n) is 5.36. The van der Waals surface area contributed by atoms with Gasteiger partial charge < -0.3 is 15.3 Å². The number of fused-ring (bicyclic) bond motifs is 2. The Morgan fingerprint density at radius 3 is 2.51 bits per heavy atom. The first kappa shape index (κ1) is 23.2. The summed E-state index contributed by atoms with van der Waals surface area (Å²) in [7, 11) is 1.88. The predicted molar refractivity (Wildman–Crippen MR) is 137 cm³/mol. The Labute approximate surface area is 214 Å². The molecule has 0 aromatic carbocycles. The maximum absolute atomic E-state index is 12.2. The van der Waals surface area contributed by atoms with Gasteiger partial charge in [-0.3, -0.25) is 9.48 Å². The van der Waals surface area contributed by atoms with E-state index in [1.807, 2.05) is 51.6 Å². The van der Waals surface area contributed by atoms with Crippen molar-refractivity contribution in [1.29, 1.82) is 5.26 Å². The third-order valence-corrected chi connectivity index (χ3v) is 7.56. The minimum Gasteiger partial charge on any atom is -0.383 e. The van der Waals surface area contributed by atoms with Crippen LogP contribution in [0.5, 0.6) is 0 Å². The molecule has 188 valence electrons. The molecule has 3 atom stereocenters. The van der Waals surface area contributed by atoms with Crippen molar-refractivity contribution in [3.8, 4) is 28.3 Å². The molecule has 1 saturated heterocycles. The quantitative estimate of drug-likeness (QED) is 0.419. The molecule has 1 saturated carbocycles. The fourth-order valence-corrected chi connectivity index (χ4v) is 5.36. The van der Waals surface area contributed by atoms with Crippen LogP contribution in [0.25, 0.3) is 27.8 Å². The van der Waals surface area contributed by atoms with E-state index in [4.69, 9.17) is 4.98 Å². The lowest BCUT2D eigenvalue weighted by atomic mass is 10.0. The highest BCUT2D eigenvalue weighted by molar-refractivity contribution is 5.87. The van der Waals surface area contributed by atoms with Crippen LogP contribution in [0.3, 0.4) is 0 Å². The number of anilines is 1. The van der Waals surface area contributed by atoms with E-state index in [9.17, 15) is 15.2 Å². The summed E-state index contributed by atoms with van der Waals surface area (Å²) >= 11 is 0. The number of pyridine rings is 2. The molecule has 0 radical (unpaired) electrons. The SMILES string of the molecule is CC(C)[C@@H](O)C(=O)NC1[C@H]2CN(c3ccc(-c4cc(-c5cnn(C)c5)cn5ncc(C#N)c45)cn3)C[C@H]12. The highest BCUT2D eigenvalue weighted by Crippen LogP contribution is 2.46. The number of aryl methyl sites for hydroxylation is 1. The van der Waals surface area contributed by atoms with E-state index in [1.165, 1.54) is 0 Å². The third kappa shape index (κ3) is 4.01. The lowest BCUT2D eigenvalue weighted by Gasteiger charge is -2.22. The number of aliphatic hydroxyl groups is 1. The molecule has 4 aromatic rings. The highest BCUT2D eigenvalue weighted by Gasteiger charge is 2.57. The van der Waals surface area contributed by atoms with Gasteiger partial charge in [-0.15, -0.1) is 0 Å². The van der Waals surface area contributed by atoms with Gasteiger partial charge in [-0.25, -0.2) is 9.50 Å². The lowest BCUT2D eigenvalue weighted by Crippen LogP contribution is -2.42. The average molecular weight is 497 g/mol. The molecular weight excluding hydrogens is 468 g/mol. The van der Waals surface area contributed by atoms with E-state index in [2.05, 4.69) is 32.5 Å².